The quantitative estimate of drug-likeness (QED) is 0.253. The number of aliphatic imine (C=N–C) groups is 1. The maximum absolute atomic E-state index is 14.3. The van der Waals surface area contributed by atoms with E-state index in [9.17, 15) is 12.8 Å². The molecule has 5 rings (SSSR count). The zero-order valence-corrected chi connectivity index (χ0v) is 24.0. The van der Waals surface area contributed by atoms with Gasteiger partial charge in [0.15, 0.2) is 9.84 Å². The van der Waals surface area contributed by atoms with Gasteiger partial charge in [0.2, 0.25) is 0 Å². The third kappa shape index (κ3) is 5.63. The Labute approximate surface area is 227 Å². The summed E-state index contributed by atoms with van der Waals surface area (Å²) in [6, 6.07) is 4.80. The summed E-state index contributed by atoms with van der Waals surface area (Å²) in [5.74, 6) is 0.283. The van der Waals surface area contributed by atoms with E-state index in [-0.39, 0.29) is 17.1 Å². The molecule has 0 amide bonds. The highest BCUT2D eigenvalue weighted by atomic mass is 32.2. The number of rotatable bonds is 9. The van der Waals surface area contributed by atoms with Crippen LogP contribution in [0, 0.1) is 18.9 Å². The van der Waals surface area contributed by atoms with Gasteiger partial charge in [-0.25, -0.2) is 18.4 Å². The van der Waals surface area contributed by atoms with Crippen molar-refractivity contribution < 1.29 is 12.8 Å². The molecule has 2 atom stereocenters. The zero-order chi connectivity index (χ0) is 27.0. The zero-order valence-electron chi connectivity index (χ0n) is 23.2. The largest absolute Gasteiger partial charge is 0.309 e. The Morgan fingerprint density at radius 2 is 1.84 bits per heavy atom. The van der Waals surface area contributed by atoms with Crippen LogP contribution in [0.1, 0.15) is 105 Å². The molecule has 1 saturated carbocycles. The predicted molar refractivity (Wildman–Crippen MR) is 151 cm³/mol. The molecule has 0 saturated heterocycles. The van der Waals surface area contributed by atoms with Gasteiger partial charge in [0, 0.05) is 23.0 Å². The van der Waals surface area contributed by atoms with Crippen LogP contribution in [0.15, 0.2) is 28.1 Å². The normalized spacial score (nSPS) is 21.6. The first-order valence-electron chi connectivity index (χ1n) is 14.3. The molecule has 1 aromatic heterocycles. The molecule has 1 aliphatic heterocycles. The van der Waals surface area contributed by atoms with Crippen molar-refractivity contribution in [1.29, 1.82) is 0 Å². The molecule has 0 radical (unpaired) electrons. The first kappa shape index (κ1) is 27.2. The number of fused-ring (bicyclic) bond motifs is 2. The van der Waals surface area contributed by atoms with Gasteiger partial charge < -0.3 is 0 Å². The summed E-state index contributed by atoms with van der Waals surface area (Å²) in [6.07, 6.45) is 11.4. The molecule has 1 fully saturated rings. The SMILES string of the molecule is CCc1cc2c(cc1CC1=Nc3c(C)nc(F)nc3C(C)C(CCCC=C(C)S(=O)(=O)C3CC3)C1)CCC2. The van der Waals surface area contributed by atoms with E-state index < -0.39 is 15.9 Å². The predicted octanol–water partition coefficient (Wildman–Crippen LogP) is 7.07. The van der Waals surface area contributed by atoms with E-state index in [0.29, 0.717) is 16.3 Å². The number of aromatic nitrogens is 2. The minimum atomic E-state index is -3.11. The fourth-order valence-corrected chi connectivity index (χ4v) is 7.89. The van der Waals surface area contributed by atoms with Crippen LogP contribution in [0.2, 0.25) is 0 Å². The molecule has 5 nitrogen and oxygen atoms in total. The van der Waals surface area contributed by atoms with Crippen LogP contribution in [0.3, 0.4) is 0 Å². The number of unbranched alkanes of at least 4 members (excludes halogenated alkanes) is 1. The molecule has 0 N–H and O–H groups in total. The maximum Gasteiger partial charge on any atom is 0.309 e. The summed E-state index contributed by atoms with van der Waals surface area (Å²) in [5, 5.41) is -0.166. The van der Waals surface area contributed by atoms with Crippen molar-refractivity contribution in [3.8, 4) is 0 Å². The van der Waals surface area contributed by atoms with E-state index in [4.69, 9.17) is 4.99 Å². The number of allylic oxidation sites excluding steroid dienone is 2. The van der Waals surface area contributed by atoms with Crippen LogP contribution >= 0.6 is 0 Å². The number of hydrogen-bond donors (Lipinski definition) is 0. The molecule has 0 spiro atoms. The van der Waals surface area contributed by atoms with E-state index in [1.165, 1.54) is 35.1 Å². The molecule has 0 bridgehead atoms. The molecule has 2 aromatic rings. The van der Waals surface area contributed by atoms with Gasteiger partial charge in [-0.3, -0.25) is 4.99 Å². The van der Waals surface area contributed by atoms with Crippen LogP contribution in [0.4, 0.5) is 10.1 Å². The van der Waals surface area contributed by atoms with Gasteiger partial charge in [0.05, 0.1) is 16.6 Å². The average Bonchev–Trinajstić information content (AvgIpc) is 3.66. The Morgan fingerprint density at radius 3 is 2.53 bits per heavy atom. The minimum absolute atomic E-state index is 0.0355. The van der Waals surface area contributed by atoms with Crippen molar-refractivity contribution in [1.82, 2.24) is 9.97 Å². The second kappa shape index (κ2) is 11.0. The fourth-order valence-electron chi connectivity index (χ4n) is 6.26. The number of benzene rings is 1. The van der Waals surface area contributed by atoms with Crippen LogP contribution in [0.25, 0.3) is 0 Å². The van der Waals surface area contributed by atoms with Crippen molar-refractivity contribution in [2.45, 2.75) is 109 Å². The number of aryl methyl sites for hydroxylation is 4. The molecule has 2 unspecified atom stereocenters. The van der Waals surface area contributed by atoms with Crippen LogP contribution in [-0.4, -0.2) is 29.3 Å². The van der Waals surface area contributed by atoms with Gasteiger partial charge in [0.25, 0.3) is 0 Å². The van der Waals surface area contributed by atoms with Gasteiger partial charge in [0.1, 0.15) is 5.69 Å². The monoisotopic (exact) mass is 537 g/mol. The van der Waals surface area contributed by atoms with E-state index in [2.05, 4.69) is 35.9 Å². The lowest BCUT2D eigenvalue weighted by molar-refractivity contribution is 0.406. The highest BCUT2D eigenvalue weighted by Crippen LogP contribution is 2.40. The number of halogens is 1. The van der Waals surface area contributed by atoms with Crippen LogP contribution < -0.4 is 0 Å². The van der Waals surface area contributed by atoms with E-state index in [1.807, 2.05) is 13.0 Å². The van der Waals surface area contributed by atoms with Gasteiger partial charge in [-0.1, -0.05) is 32.1 Å². The van der Waals surface area contributed by atoms with E-state index in [0.717, 1.165) is 69.2 Å². The average molecular weight is 538 g/mol. The summed E-state index contributed by atoms with van der Waals surface area (Å²) >= 11 is 0. The van der Waals surface area contributed by atoms with Crippen molar-refractivity contribution in [3.05, 3.63) is 62.8 Å². The Morgan fingerprint density at radius 1 is 1.13 bits per heavy atom. The number of hydrogen-bond acceptors (Lipinski definition) is 5. The summed E-state index contributed by atoms with van der Waals surface area (Å²) in [5.41, 5.74) is 8.84. The molecule has 204 valence electrons. The first-order chi connectivity index (χ1) is 18.2. The molecule has 38 heavy (non-hydrogen) atoms. The third-order valence-corrected chi connectivity index (χ3v) is 11.2. The smallest absolute Gasteiger partial charge is 0.254 e. The molecular formula is C31H40FN3O2S. The highest BCUT2D eigenvalue weighted by Gasteiger charge is 2.36. The summed E-state index contributed by atoms with van der Waals surface area (Å²) in [4.78, 5) is 13.8. The summed E-state index contributed by atoms with van der Waals surface area (Å²) in [7, 11) is -3.11. The standard InChI is InChI=1S/C31H40FN3O2S/c1-5-22-15-24-11-8-12-25(24)16-26(22)18-27-17-23(10-7-6-9-19(2)38(36,37)28-13-14-28)20(3)29-30(34-27)21(4)33-31(32)35-29/h9,15-16,20,23,28H,5-8,10-14,17-18H2,1-4H3. The second-order valence-corrected chi connectivity index (χ2v) is 13.9. The Hall–Kier alpha value is -2.41. The van der Waals surface area contributed by atoms with Crippen molar-refractivity contribution in [3.63, 3.8) is 0 Å². The van der Waals surface area contributed by atoms with E-state index in [1.54, 1.807) is 6.92 Å². The number of nitrogens with zero attached hydrogens (tertiary/aromatic N) is 3. The third-order valence-electron chi connectivity index (χ3n) is 8.78. The topological polar surface area (TPSA) is 72.3 Å². The second-order valence-electron chi connectivity index (χ2n) is 11.5. The molecular weight excluding hydrogens is 497 g/mol. The Bertz CT molecular complexity index is 1390. The molecule has 3 aliphatic rings. The Kier molecular flexibility index (Phi) is 7.86. The summed E-state index contributed by atoms with van der Waals surface area (Å²) < 4.78 is 39.3. The van der Waals surface area contributed by atoms with Gasteiger partial charge in [-0.05, 0) is 106 Å². The first-order valence-corrected chi connectivity index (χ1v) is 15.9. The van der Waals surface area contributed by atoms with Crippen molar-refractivity contribution in [2.75, 3.05) is 0 Å². The van der Waals surface area contributed by atoms with Crippen molar-refractivity contribution in [2.24, 2.45) is 10.9 Å². The lowest BCUT2D eigenvalue weighted by Gasteiger charge is -2.23. The van der Waals surface area contributed by atoms with Crippen LogP contribution in [0.5, 0.6) is 0 Å². The molecule has 1 aromatic carbocycles. The van der Waals surface area contributed by atoms with Gasteiger partial charge in [-0.15, -0.1) is 0 Å². The lowest BCUT2D eigenvalue weighted by atomic mass is 9.82. The minimum Gasteiger partial charge on any atom is -0.254 e. The lowest BCUT2D eigenvalue weighted by Crippen LogP contribution is -2.16. The number of sulfone groups is 1. The molecule has 2 aliphatic carbocycles. The summed E-state index contributed by atoms with van der Waals surface area (Å²) in [6.45, 7) is 7.89. The highest BCUT2D eigenvalue weighted by molar-refractivity contribution is 7.96. The Balaban J connectivity index is 1.39. The van der Waals surface area contributed by atoms with Crippen molar-refractivity contribution >= 4 is 21.2 Å². The van der Waals surface area contributed by atoms with Crippen LogP contribution in [-0.2, 0) is 35.5 Å². The molecule has 7 heteroatoms. The maximum atomic E-state index is 14.3. The van der Waals surface area contributed by atoms with E-state index >= 15 is 0 Å². The van der Waals surface area contributed by atoms with Gasteiger partial charge in [-0.2, -0.15) is 4.39 Å². The van der Waals surface area contributed by atoms with Gasteiger partial charge >= 0.3 is 6.08 Å². The fraction of sp³-hybridized carbons (Fsp3) is 0.581. The molecule has 2 heterocycles.